The SMILES string of the molecule is CC1CC2CCN1CN2. The normalized spacial score (nSPS) is 49.7. The number of hydrogen-bond acceptors (Lipinski definition) is 2. The quantitative estimate of drug-likeness (QED) is 0.505. The Labute approximate surface area is 56.2 Å². The molecule has 0 aliphatic carbocycles. The van der Waals surface area contributed by atoms with Gasteiger partial charge in [-0.05, 0) is 19.8 Å². The van der Waals surface area contributed by atoms with Crippen LogP contribution >= 0.6 is 0 Å². The highest BCUT2D eigenvalue weighted by Gasteiger charge is 2.29. The molecule has 0 aromatic rings. The van der Waals surface area contributed by atoms with Gasteiger partial charge < -0.3 is 5.32 Å². The molecule has 52 valence electrons. The third kappa shape index (κ3) is 0.864. The lowest BCUT2D eigenvalue weighted by Gasteiger charge is -2.44. The maximum atomic E-state index is 3.47. The van der Waals surface area contributed by atoms with Crippen LogP contribution in [0.15, 0.2) is 0 Å². The van der Waals surface area contributed by atoms with Crippen LogP contribution in [0.2, 0.25) is 0 Å². The first kappa shape index (κ1) is 5.69. The monoisotopic (exact) mass is 126 g/mol. The van der Waals surface area contributed by atoms with Crippen LogP contribution in [0.1, 0.15) is 19.8 Å². The van der Waals surface area contributed by atoms with Gasteiger partial charge in [-0.2, -0.15) is 0 Å². The van der Waals surface area contributed by atoms with Gasteiger partial charge in [-0.3, -0.25) is 4.90 Å². The maximum absolute atomic E-state index is 3.47. The van der Waals surface area contributed by atoms with E-state index in [1.165, 1.54) is 19.4 Å². The summed E-state index contributed by atoms with van der Waals surface area (Å²) in [4.78, 5) is 2.51. The van der Waals surface area contributed by atoms with Gasteiger partial charge in [0.15, 0.2) is 0 Å². The Balaban J connectivity index is 2.06. The predicted molar refractivity (Wildman–Crippen MR) is 37.2 cm³/mol. The molecule has 1 N–H and O–H groups in total. The molecule has 3 aliphatic rings. The molecule has 2 nitrogen and oxygen atoms in total. The van der Waals surface area contributed by atoms with Crippen LogP contribution in [0.3, 0.4) is 0 Å². The Morgan fingerprint density at radius 2 is 2.44 bits per heavy atom. The topological polar surface area (TPSA) is 15.3 Å². The van der Waals surface area contributed by atoms with Crippen molar-refractivity contribution in [3.05, 3.63) is 0 Å². The zero-order chi connectivity index (χ0) is 6.27. The molecule has 3 unspecified atom stereocenters. The molecule has 0 amide bonds. The first-order valence-electron chi connectivity index (χ1n) is 3.83. The van der Waals surface area contributed by atoms with Crippen molar-refractivity contribution >= 4 is 0 Å². The fraction of sp³-hybridized carbons (Fsp3) is 1.00. The summed E-state index contributed by atoms with van der Waals surface area (Å²) < 4.78 is 0. The minimum atomic E-state index is 0.838. The summed E-state index contributed by atoms with van der Waals surface area (Å²) in [5.74, 6) is 0. The highest BCUT2D eigenvalue weighted by molar-refractivity contribution is 4.87. The third-order valence-corrected chi connectivity index (χ3v) is 2.60. The molecule has 0 saturated carbocycles. The van der Waals surface area contributed by atoms with Gasteiger partial charge in [0.1, 0.15) is 0 Å². The fourth-order valence-electron chi connectivity index (χ4n) is 1.89. The van der Waals surface area contributed by atoms with Crippen molar-refractivity contribution in [2.45, 2.75) is 31.8 Å². The average molecular weight is 126 g/mol. The zero-order valence-electron chi connectivity index (χ0n) is 5.93. The Morgan fingerprint density at radius 3 is 2.67 bits per heavy atom. The van der Waals surface area contributed by atoms with Crippen LogP contribution in [-0.2, 0) is 0 Å². The number of nitrogens with one attached hydrogen (secondary N) is 1. The largest absolute Gasteiger partial charge is 0.301 e. The Bertz CT molecular complexity index is 105. The molecule has 3 rings (SSSR count). The molecule has 3 atom stereocenters. The lowest BCUT2D eigenvalue weighted by molar-refractivity contribution is 0.0655. The molecule has 3 heterocycles. The Hall–Kier alpha value is -0.0800. The minimum Gasteiger partial charge on any atom is -0.301 e. The van der Waals surface area contributed by atoms with Crippen molar-refractivity contribution in [2.24, 2.45) is 0 Å². The fourth-order valence-corrected chi connectivity index (χ4v) is 1.89. The molecule has 0 aromatic carbocycles. The molecule has 0 spiro atoms. The number of hydrogen-bond donors (Lipinski definition) is 1. The number of piperidine rings is 1. The van der Waals surface area contributed by atoms with Crippen LogP contribution in [0, 0.1) is 0 Å². The van der Waals surface area contributed by atoms with Gasteiger partial charge in [0.05, 0.1) is 0 Å². The molecular weight excluding hydrogens is 112 g/mol. The van der Waals surface area contributed by atoms with Crippen molar-refractivity contribution in [3.63, 3.8) is 0 Å². The first-order valence-corrected chi connectivity index (χ1v) is 3.83. The lowest BCUT2D eigenvalue weighted by atomic mass is 9.96. The van der Waals surface area contributed by atoms with Crippen LogP contribution < -0.4 is 5.32 Å². The molecule has 0 aromatic heterocycles. The number of nitrogens with zero attached hydrogens (tertiary/aromatic N) is 1. The summed E-state index contributed by atoms with van der Waals surface area (Å²) in [6.45, 7) is 4.78. The lowest BCUT2D eigenvalue weighted by Crippen LogP contribution is -2.58. The molecule has 2 heteroatoms. The van der Waals surface area contributed by atoms with Gasteiger partial charge in [0.25, 0.3) is 0 Å². The molecule has 3 saturated heterocycles. The van der Waals surface area contributed by atoms with E-state index in [0.717, 1.165) is 18.8 Å². The average Bonchev–Trinajstić information content (AvgIpc) is 1.90. The van der Waals surface area contributed by atoms with Gasteiger partial charge in [-0.1, -0.05) is 0 Å². The molecule has 2 bridgehead atoms. The Morgan fingerprint density at radius 1 is 1.56 bits per heavy atom. The van der Waals surface area contributed by atoms with Crippen molar-refractivity contribution in [3.8, 4) is 0 Å². The van der Waals surface area contributed by atoms with E-state index in [9.17, 15) is 0 Å². The smallest absolute Gasteiger partial charge is 0.0485 e. The van der Waals surface area contributed by atoms with E-state index in [2.05, 4.69) is 17.1 Å². The summed E-state index contributed by atoms with van der Waals surface area (Å²) in [7, 11) is 0. The van der Waals surface area contributed by atoms with Crippen molar-refractivity contribution in [2.75, 3.05) is 13.2 Å². The van der Waals surface area contributed by atoms with Gasteiger partial charge in [0.2, 0.25) is 0 Å². The standard InChI is InChI=1S/C7H14N2/c1-6-4-7-2-3-9(6)5-8-7/h6-8H,2-5H2,1H3. The van der Waals surface area contributed by atoms with Crippen LogP contribution in [0.25, 0.3) is 0 Å². The highest BCUT2D eigenvalue weighted by Crippen LogP contribution is 2.20. The van der Waals surface area contributed by atoms with E-state index in [4.69, 9.17) is 0 Å². The summed E-state index contributed by atoms with van der Waals surface area (Å²) in [6, 6.07) is 1.68. The minimum absolute atomic E-state index is 0.838. The first-order chi connectivity index (χ1) is 4.36. The summed E-state index contributed by atoms with van der Waals surface area (Å²) in [5, 5.41) is 3.47. The molecule has 9 heavy (non-hydrogen) atoms. The molecule has 0 radical (unpaired) electrons. The van der Waals surface area contributed by atoms with Gasteiger partial charge in [-0.15, -0.1) is 0 Å². The zero-order valence-corrected chi connectivity index (χ0v) is 5.93. The molecule has 3 aliphatic heterocycles. The second-order valence-corrected chi connectivity index (χ2v) is 3.24. The van der Waals surface area contributed by atoms with Crippen LogP contribution in [0.4, 0.5) is 0 Å². The second kappa shape index (κ2) is 1.96. The number of rotatable bonds is 0. The van der Waals surface area contributed by atoms with Crippen molar-refractivity contribution in [1.29, 1.82) is 0 Å². The maximum Gasteiger partial charge on any atom is 0.0485 e. The Kier molecular flexibility index (Phi) is 1.24. The second-order valence-electron chi connectivity index (χ2n) is 3.24. The van der Waals surface area contributed by atoms with Gasteiger partial charge in [0, 0.05) is 25.3 Å². The van der Waals surface area contributed by atoms with Crippen LogP contribution in [0.5, 0.6) is 0 Å². The summed E-state index contributed by atoms with van der Waals surface area (Å²) in [6.07, 6.45) is 2.73. The van der Waals surface area contributed by atoms with E-state index in [0.29, 0.717) is 0 Å². The summed E-state index contributed by atoms with van der Waals surface area (Å²) >= 11 is 0. The van der Waals surface area contributed by atoms with E-state index < -0.39 is 0 Å². The van der Waals surface area contributed by atoms with Gasteiger partial charge >= 0.3 is 0 Å². The van der Waals surface area contributed by atoms with E-state index in [1.807, 2.05) is 0 Å². The van der Waals surface area contributed by atoms with Gasteiger partial charge in [-0.25, -0.2) is 0 Å². The molecular formula is C7H14N2. The van der Waals surface area contributed by atoms with E-state index >= 15 is 0 Å². The third-order valence-electron chi connectivity index (χ3n) is 2.60. The van der Waals surface area contributed by atoms with E-state index in [1.54, 1.807) is 0 Å². The van der Waals surface area contributed by atoms with Crippen molar-refractivity contribution in [1.82, 2.24) is 10.2 Å². The number of fused-ring (bicyclic) bond motifs is 3. The molecule has 3 fully saturated rings. The van der Waals surface area contributed by atoms with Crippen molar-refractivity contribution < 1.29 is 0 Å². The van der Waals surface area contributed by atoms with Crippen LogP contribution in [-0.4, -0.2) is 30.2 Å². The predicted octanol–water partition coefficient (Wildman–Crippen LogP) is 0.400. The highest BCUT2D eigenvalue weighted by atomic mass is 15.3. The summed E-state index contributed by atoms with van der Waals surface area (Å²) in [5.41, 5.74) is 0. The van der Waals surface area contributed by atoms with E-state index in [-0.39, 0.29) is 0 Å².